The number of H-pyrrole nitrogens is 1. The molecule has 0 bridgehead atoms. The molecule has 0 fully saturated rings. The number of nitrogens with one attached hydrogen (secondary N) is 1. The van der Waals surface area contributed by atoms with Crippen LogP contribution < -0.4 is 0 Å². The average molecular weight is 285 g/mol. The summed E-state index contributed by atoms with van der Waals surface area (Å²) in [6.45, 7) is 1.94. The summed E-state index contributed by atoms with van der Waals surface area (Å²) >= 11 is 0. The maximum atomic E-state index is 10.4. The number of aryl methyl sites for hydroxylation is 2. The van der Waals surface area contributed by atoms with Gasteiger partial charge in [-0.15, -0.1) is 12.4 Å². The number of hydrogen-bond acceptors (Lipinski definition) is 3. The van der Waals surface area contributed by atoms with Crippen LogP contribution in [0.3, 0.4) is 0 Å². The molecule has 2 aromatic rings. The molecule has 5 nitrogen and oxygen atoms in total. The van der Waals surface area contributed by atoms with Crippen molar-refractivity contribution < 1.29 is 15.0 Å². The lowest BCUT2D eigenvalue weighted by Crippen LogP contribution is -1.95. The third kappa shape index (κ3) is 3.61. The number of benzene rings is 1. The fourth-order valence-corrected chi connectivity index (χ4v) is 1.95. The van der Waals surface area contributed by atoms with E-state index in [4.69, 9.17) is 5.11 Å². The smallest absolute Gasteiger partial charge is 0.303 e. The summed E-state index contributed by atoms with van der Waals surface area (Å²) in [5.41, 5.74) is 2.45. The second-order valence-electron chi connectivity index (χ2n) is 4.41. The van der Waals surface area contributed by atoms with E-state index in [0.29, 0.717) is 18.4 Å². The summed E-state index contributed by atoms with van der Waals surface area (Å²) in [7, 11) is 0. The Balaban J connectivity index is 0.00000180. The molecule has 1 aromatic heterocycles. The summed E-state index contributed by atoms with van der Waals surface area (Å²) in [6, 6.07) is 3.47. The first kappa shape index (κ1) is 15.3. The Labute approximate surface area is 117 Å². The molecule has 19 heavy (non-hydrogen) atoms. The van der Waals surface area contributed by atoms with Gasteiger partial charge in [0.2, 0.25) is 0 Å². The second kappa shape index (κ2) is 6.43. The molecule has 0 aliphatic heterocycles. The van der Waals surface area contributed by atoms with Crippen LogP contribution >= 0.6 is 12.4 Å². The molecule has 0 radical (unpaired) electrons. The zero-order valence-corrected chi connectivity index (χ0v) is 11.5. The lowest BCUT2D eigenvalue weighted by atomic mass is 10.2. The van der Waals surface area contributed by atoms with Crippen LogP contribution in [-0.4, -0.2) is 26.2 Å². The van der Waals surface area contributed by atoms with E-state index in [2.05, 4.69) is 9.97 Å². The van der Waals surface area contributed by atoms with Crippen LogP contribution in [0.5, 0.6) is 5.75 Å². The molecular weight excluding hydrogens is 268 g/mol. The number of carbonyl (C=O) groups is 1. The van der Waals surface area contributed by atoms with Crippen LogP contribution in [0.4, 0.5) is 0 Å². The monoisotopic (exact) mass is 284 g/mol. The fourth-order valence-electron chi connectivity index (χ4n) is 1.95. The van der Waals surface area contributed by atoms with Crippen molar-refractivity contribution in [2.24, 2.45) is 0 Å². The third-order valence-electron chi connectivity index (χ3n) is 2.93. The van der Waals surface area contributed by atoms with Gasteiger partial charge in [0.1, 0.15) is 17.1 Å². The van der Waals surface area contributed by atoms with Crippen molar-refractivity contribution in [3.8, 4) is 5.75 Å². The minimum atomic E-state index is -0.770. The number of aliphatic carboxylic acids is 1. The van der Waals surface area contributed by atoms with Crippen LogP contribution in [0.2, 0.25) is 0 Å². The molecule has 1 heterocycles. The number of fused-ring (bicyclic) bond motifs is 1. The Morgan fingerprint density at radius 3 is 2.74 bits per heavy atom. The fraction of sp³-hybridized carbons (Fsp3) is 0.385. The number of nitrogens with zero attached hydrogens (tertiary/aromatic N) is 1. The Bertz CT molecular complexity index is 542. The van der Waals surface area contributed by atoms with Gasteiger partial charge in [0.15, 0.2) is 0 Å². The first-order chi connectivity index (χ1) is 8.58. The van der Waals surface area contributed by atoms with Gasteiger partial charge in [-0.25, -0.2) is 4.98 Å². The summed E-state index contributed by atoms with van der Waals surface area (Å²) in [4.78, 5) is 17.9. The summed E-state index contributed by atoms with van der Waals surface area (Å²) < 4.78 is 0. The minimum absolute atomic E-state index is 0. The van der Waals surface area contributed by atoms with Crippen molar-refractivity contribution in [2.75, 3.05) is 0 Å². The molecular formula is C13H17ClN2O3. The number of hydrogen-bond donors (Lipinski definition) is 3. The first-order valence-electron chi connectivity index (χ1n) is 5.97. The molecule has 0 unspecified atom stereocenters. The van der Waals surface area contributed by atoms with Crippen LogP contribution in [0, 0.1) is 6.92 Å². The Morgan fingerprint density at radius 2 is 2.11 bits per heavy atom. The van der Waals surface area contributed by atoms with Crippen LogP contribution in [-0.2, 0) is 11.2 Å². The van der Waals surface area contributed by atoms with Crippen molar-refractivity contribution >= 4 is 29.4 Å². The van der Waals surface area contributed by atoms with Crippen LogP contribution in [0.15, 0.2) is 12.1 Å². The van der Waals surface area contributed by atoms with Gasteiger partial charge in [-0.1, -0.05) is 6.07 Å². The van der Waals surface area contributed by atoms with Crippen LogP contribution in [0.25, 0.3) is 11.0 Å². The Morgan fingerprint density at radius 1 is 1.37 bits per heavy atom. The standard InChI is InChI=1S/C13H16N2O3.ClH/c1-8-6-7-9(16)13-12(8)14-10(15-13)4-2-3-5-11(17)18;/h6-7,16H,2-5H2,1H3,(H,14,15)(H,17,18);1H. The van der Waals surface area contributed by atoms with E-state index >= 15 is 0 Å². The normalized spacial score (nSPS) is 10.4. The van der Waals surface area contributed by atoms with Gasteiger partial charge >= 0.3 is 5.97 Å². The molecule has 2 rings (SSSR count). The van der Waals surface area contributed by atoms with Crippen molar-refractivity contribution in [3.05, 3.63) is 23.5 Å². The number of aromatic amines is 1. The number of imidazole rings is 1. The number of phenols is 1. The lowest BCUT2D eigenvalue weighted by Gasteiger charge is -1.95. The predicted octanol–water partition coefficient (Wildman–Crippen LogP) is 2.80. The second-order valence-corrected chi connectivity index (χ2v) is 4.41. The zero-order valence-electron chi connectivity index (χ0n) is 10.6. The molecule has 104 valence electrons. The molecule has 0 atom stereocenters. The first-order valence-corrected chi connectivity index (χ1v) is 5.97. The van der Waals surface area contributed by atoms with Gasteiger partial charge in [-0.3, -0.25) is 4.79 Å². The number of rotatable bonds is 5. The molecule has 6 heteroatoms. The number of carboxylic acid groups (broad SMARTS) is 1. The molecule has 0 saturated carbocycles. The van der Waals surface area contributed by atoms with Gasteiger partial charge in [-0.2, -0.15) is 0 Å². The average Bonchev–Trinajstić information content (AvgIpc) is 2.75. The number of carboxylic acids is 1. The van der Waals surface area contributed by atoms with E-state index < -0.39 is 5.97 Å². The molecule has 0 spiro atoms. The van der Waals surface area contributed by atoms with Gasteiger partial charge < -0.3 is 15.2 Å². The molecule has 0 saturated heterocycles. The number of aromatic hydroxyl groups is 1. The molecule has 0 aliphatic rings. The number of halogens is 1. The zero-order chi connectivity index (χ0) is 13.1. The SMILES string of the molecule is Cc1ccc(O)c2[nH]c(CCCCC(=O)O)nc12.Cl. The third-order valence-corrected chi connectivity index (χ3v) is 2.93. The highest BCUT2D eigenvalue weighted by Gasteiger charge is 2.09. The van der Waals surface area contributed by atoms with E-state index in [0.717, 1.165) is 23.3 Å². The van der Waals surface area contributed by atoms with Crippen LogP contribution in [0.1, 0.15) is 30.7 Å². The molecule has 3 N–H and O–H groups in total. The van der Waals surface area contributed by atoms with Crippen molar-refractivity contribution in [1.82, 2.24) is 9.97 Å². The largest absolute Gasteiger partial charge is 0.506 e. The minimum Gasteiger partial charge on any atom is -0.506 e. The van der Waals surface area contributed by atoms with Crippen molar-refractivity contribution in [2.45, 2.75) is 32.6 Å². The topological polar surface area (TPSA) is 86.2 Å². The van der Waals surface area contributed by atoms with E-state index in [1.165, 1.54) is 0 Å². The van der Waals surface area contributed by atoms with E-state index in [1.54, 1.807) is 6.07 Å². The number of aromatic nitrogens is 2. The highest BCUT2D eigenvalue weighted by atomic mass is 35.5. The summed E-state index contributed by atoms with van der Waals surface area (Å²) in [5.74, 6) is 0.216. The predicted molar refractivity (Wildman–Crippen MR) is 74.9 cm³/mol. The molecule has 0 amide bonds. The quantitative estimate of drug-likeness (QED) is 0.737. The van der Waals surface area contributed by atoms with Crippen molar-refractivity contribution in [3.63, 3.8) is 0 Å². The number of unbranched alkanes of at least 4 members (excludes halogenated alkanes) is 1. The maximum Gasteiger partial charge on any atom is 0.303 e. The highest BCUT2D eigenvalue weighted by Crippen LogP contribution is 2.25. The Kier molecular flexibility index (Phi) is 5.18. The van der Waals surface area contributed by atoms with Gasteiger partial charge in [0.25, 0.3) is 0 Å². The molecule has 0 aliphatic carbocycles. The van der Waals surface area contributed by atoms with E-state index in [1.807, 2.05) is 13.0 Å². The highest BCUT2D eigenvalue weighted by molar-refractivity contribution is 5.85. The van der Waals surface area contributed by atoms with Gasteiger partial charge in [-0.05, 0) is 31.4 Å². The maximum absolute atomic E-state index is 10.4. The lowest BCUT2D eigenvalue weighted by molar-refractivity contribution is -0.137. The van der Waals surface area contributed by atoms with Gasteiger partial charge in [0, 0.05) is 12.8 Å². The Hall–Kier alpha value is -1.75. The number of phenolic OH excluding ortho intramolecular Hbond substituents is 1. The van der Waals surface area contributed by atoms with Crippen molar-refractivity contribution in [1.29, 1.82) is 0 Å². The van der Waals surface area contributed by atoms with E-state index in [-0.39, 0.29) is 24.6 Å². The van der Waals surface area contributed by atoms with E-state index in [9.17, 15) is 9.90 Å². The van der Waals surface area contributed by atoms with Gasteiger partial charge in [0.05, 0.1) is 5.52 Å². The summed E-state index contributed by atoms with van der Waals surface area (Å²) in [5, 5.41) is 18.2. The molecule has 1 aromatic carbocycles. The summed E-state index contributed by atoms with van der Waals surface area (Å²) in [6.07, 6.45) is 2.29.